The number of fused-ring (bicyclic) bond motifs is 2. The summed E-state index contributed by atoms with van der Waals surface area (Å²) in [5.74, 6) is 0. The number of anilines is 2. The number of rotatable bonds is 5. The molecule has 4 rings (SSSR count). The van der Waals surface area contributed by atoms with Gasteiger partial charge in [0.05, 0.1) is 22.9 Å². The zero-order chi connectivity index (χ0) is 21.4. The fourth-order valence-corrected chi connectivity index (χ4v) is 3.89. The van der Waals surface area contributed by atoms with Gasteiger partial charge in [0.15, 0.2) is 0 Å². The third-order valence-corrected chi connectivity index (χ3v) is 5.00. The molecular weight excluding hydrogens is 368 g/mol. The zero-order valence-corrected chi connectivity index (χ0v) is 18.5. The molecule has 0 amide bonds. The van der Waals surface area contributed by atoms with Gasteiger partial charge in [-0.2, -0.15) is 0 Å². The molecule has 0 aliphatic rings. The quantitative estimate of drug-likeness (QED) is 0.407. The summed E-state index contributed by atoms with van der Waals surface area (Å²) in [6.07, 6.45) is 4.65. The number of hydrogen-bond donors (Lipinski definition) is 2. The van der Waals surface area contributed by atoms with Crippen LogP contribution < -0.4 is 10.6 Å². The number of benzene rings is 2. The lowest BCUT2D eigenvalue weighted by atomic mass is 9.93. The smallest absolute Gasteiger partial charge is 0.0703 e. The highest BCUT2D eigenvalue weighted by Gasteiger charge is 2.19. The fraction of sp³-hybridized carbons (Fsp3) is 0.308. The van der Waals surface area contributed by atoms with Gasteiger partial charge in [0.1, 0.15) is 0 Å². The standard InChI is InChI=1S/C26H30N4/c1-25(2,3)29-22-15-20-13-18(8-10-24(20)28-17-22)16-26(4,5)30-21-9-11-23-19(14-21)7-6-12-27-23/h6-15,17,29-30H,16H2,1-5H3. The number of aromatic nitrogens is 2. The molecule has 4 heteroatoms. The van der Waals surface area contributed by atoms with Crippen molar-refractivity contribution in [1.29, 1.82) is 0 Å². The Morgan fingerprint density at radius 2 is 1.47 bits per heavy atom. The number of hydrogen-bond acceptors (Lipinski definition) is 4. The molecule has 0 fully saturated rings. The molecule has 0 aliphatic carbocycles. The summed E-state index contributed by atoms with van der Waals surface area (Å²) >= 11 is 0. The number of nitrogens with zero attached hydrogens (tertiary/aromatic N) is 2. The second-order valence-corrected chi connectivity index (χ2v) is 9.72. The molecule has 0 radical (unpaired) electrons. The summed E-state index contributed by atoms with van der Waals surface area (Å²) in [5, 5.41) is 9.51. The lowest BCUT2D eigenvalue weighted by Gasteiger charge is -2.28. The van der Waals surface area contributed by atoms with E-state index in [2.05, 4.69) is 104 Å². The zero-order valence-electron chi connectivity index (χ0n) is 18.5. The maximum Gasteiger partial charge on any atom is 0.0703 e. The van der Waals surface area contributed by atoms with E-state index in [1.165, 1.54) is 5.56 Å². The summed E-state index contributed by atoms with van der Waals surface area (Å²) in [5.41, 5.74) is 5.40. The van der Waals surface area contributed by atoms with E-state index in [0.29, 0.717) is 0 Å². The van der Waals surface area contributed by atoms with E-state index < -0.39 is 0 Å². The van der Waals surface area contributed by atoms with Gasteiger partial charge in [-0.25, -0.2) is 0 Å². The van der Waals surface area contributed by atoms with Gasteiger partial charge in [0, 0.05) is 33.7 Å². The molecule has 0 unspecified atom stereocenters. The Hall–Kier alpha value is -3.14. The van der Waals surface area contributed by atoms with Crippen LogP contribution in [0, 0.1) is 0 Å². The predicted molar refractivity (Wildman–Crippen MR) is 128 cm³/mol. The Kier molecular flexibility index (Phi) is 5.10. The largest absolute Gasteiger partial charge is 0.380 e. The van der Waals surface area contributed by atoms with Crippen molar-refractivity contribution in [2.45, 2.75) is 52.1 Å². The van der Waals surface area contributed by atoms with Crippen LogP contribution in [0.2, 0.25) is 0 Å². The van der Waals surface area contributed by atoms with E-state index in [9.17, 15) is 0 Å². The van der Waals surface area contributed by atoms with Crippen LogP contribution in [0.5, 0.6) is 0 Å². The van der Waals surface area contributed by atoms with Gasteiger partial charge in [-0.05, 0) is 89.1 Å². The molecule has 0 aliphatic heterocycles. The van der Waals surface area contributed by atoms with Crippen molar-refractivity contribution in [3.8, 4) is 0 Å². The molecule has 0 atom stereocenters. The first-order valence-electron chi connectivity index (χ1n) is 10.5. The highest BCUT2D eigenvalue weighted by atomic mass is 15.0. The van der Waals surface area contributed by atoms with Crippen LogP contribution in [0.15, 0.2) is 67.0 Å². The summed E-state index contributed by atoms with van der Waals surface area (Å²) in [4.78, 5) is 9.02. The van der Waals surface area contributed by atoms with Crippen molar-refractivity contribution in [2.75, 3.05) is 10.6 Å². The average Bonchev–Trinajstić information content (AvgIpc) is 2.65. The van der Waals surface area contributed by atoms with Crippen LogP contribution >= 0.6 is 0 Å². The topological polar surface area (TPSA) is 49.8 Å². The molecule has 2 aromatic heterocycles. The summed E-state index contributed by atoms with van der Waals surface area (Å²) in [7, 11) is 0. The highest BCUT2D eigenvalue weighted by Crippen LogP contribution is 2.25. The first-order valence-corrected chi connectivity index (χ1v) is 10.5. The molecular formula is C26H30N4. The molecule has 2 aromatic carbocycles. The predicted octanol–water partition coefficient (Wildman–Crippen LogP) is 6.43. The molecule has 0 saturated carbocycles. The van der Waals surface area contributed by atoms with Crippen molar-refractivity contribution >= 4 is 33.2 Å². The normalized spacial score (nSPS) is 12.3. The maximum atomic E-state index is 4.62. The monoisotopic (exact) mass is 398 g/mol. The summed E-state index contributed by atoms with van der Waals surface area (Å²) in [6.45, 7) is 10.9. The van der Waals surface area contributed by atoms with E-state index in [1.54, 1.807) is 0 Å². The minimum absolute atomic E-state index is 0.00819. The first kappa shape index (κ1) is 20.1. The number of nitrogens with one attached hydrogen (secondary N) is 2. The van der Waals surface area contributed by atoms with Crippen LogP contribution in [-0.4, -0.2) is 21.0 Å². The molecule has 4 aromatic rings. The van der Waals surface area contributed by atoms with E-state index >= 15 is 0 Å². The van der Waals surface area contributed by atoms with E-state index in [0.717, 1.165) is 39.6 Å². The van der Waals surface area contributed by atoms with Gasteiger partial charge in [0.25, 0.3) is 0 Å². The molecule has 0 saturated heterocycles. The molecule has 4 nitrogen and oxygen atoms in total. The van der Waals surface area contributed by atoms with Crippen molar-refractivity contribution < 1.29 is 0 Å². The second-order valence-electron chi connectivity index (χ2n) is 9.72. The maximum absolute atomic E-state index is 4.62. The fourth-order valence-electron chi connectivity index (χ4n) is 3.89. The van der Waals surface area contributed by atoms with Crippen LogP contribution in [0.1, 0.15) is 40.2 Å². The van der Waals surface area contributed by atoms with Gasteiger partial charge >= 0.3 is 0 Å². The number of pyridine rings is 2. The lowest BCUT2D eigenvalue weighted by molar-refractivity contribution is 0.564. The summed E-state index contributed by atoms with van der Waals surface area (Å²) < 4.78 is 0. The van der Waals surface area contributed by atoms with Crippen LogP contribution in [0.3, 0.4) is 0 Å². The SMILES string of the molecule is CC(C)(C)Nc1cnc2ccc(CC(C)(C)Nc3ccc4ncccc4c3)cc2c1. The molecule has 154 valence electrons. The second kappa shape index (κ2) is 7.60. The van der Waals surface area contributed by atoms with Crippen molar-refractivity contribution in [3.63, 3.8) is 0 Å². The minimum atomic E-state index is -0.0989. The van der Waals surface area contributed by atoms with Gasteiger partial charge in [-0.3, -0.25) is 9.97 Å². The molecule has 0 bridgehead atoms. The van der Waals surface area contributed by atoms with Crippen LogP contribution in [-0.2, 0) is 6.42 Å². The van der Waals surface area contributed by atoms with Gasteiger partial charge in [-0.15, -0.1) is 0 Å². The molecule has 0 spiro atoms. The highest BCUT2D eigenvalue weighted by molar-refractivity contribution is 5.83. The van der Waals surface area contributed by atoms with Gasteiger partial charge in [-0.1, -0.05) is 12.1 Å². The lowest BCUT2D eigenvalue weighted by Crippen LogP contribution is -2.33. The Balaban J connectivity index is 1.55. The minimum Gasteiger partial charge on any atom is -0.380 e. The third-order valence-electron chi connectivity index (χ3n) is 5.00. The van der Waals surface area contributed by atoms with Crippen LogP contribution in [0.4, 0.5) is 11.4 Å². The van der Waals surface area contributed by atoms with E-state index in [1.807, 2.05) is 18.5 Å². The summed E-state index contributed by atoms with van der Waals surface area (Å²) in [6, 6.07) is 19.1. The molecule has 2 N–H and O–H groups in total. The third kappa shape index (κ3) is 4.88. The van der Waals surface area contributed by atoms with Gasteiger partial charge < -0.3 is 10.6 Å². The Morgan fingerprint density at radius 3 is 2.27 bits per heavy atom. The molecule has 2 heterocycles. The van der Waals surface area contributed by atoms with E-state index in [4.69, 9.17) is 0 Å². The van der Waals surface area contributed by atoms with E-state index in [-0.39, 0.29) is 11.1 Å². The Labute approximate surface area is 178 Å². The molecule has 30 heavy (non-hydrogen) atoms. The van der Waals surface area contributed by atoms with Gasteiger partial charge in [0.2, 0.25) is 0 Å². The first-order chi connectivity index (χ1) is 14.2. The van der Waals surface area contributed by atoms with Crippen molar-refractivity contribution in [1.82, 2.24) is 9.97 Å². The van der Waals surface area contributed by atoms with Crippen molar-refractivity contribution in [3.05, 3.63) is 72.6 Å². The Bertz CT molecular complexity index is 1190. The average molecular weight is 399 g/mol. The van der Waals surface area contributed by atoms with Crippen LogP contribution in [0.25, 0.3) is 21.8 Å². The Morgan fingerprint density at radius 1 is 0.733 bits per heavy atom. The van der Waals surface area contributed by atoms with Crippen molar-refractivity contribution in [2.24, 2.45) is 0 Å².